The molecule has 0 aromatic heterocycles. The zero-order chi connectivity index (χ0) is 15.4. The molecule has 0 fully saturated rings. The average molecular weight is 291 g/mol. The molecule has 22 heavy (non-hydrogen) atoms. The van der Waals surface area contributed by atoms with Crippen molar-refractivity contribution in [2.45, 2.75) is 12.5 Å². The van der Waals surface area contributed by atoms with E-state index in [0.29, 0.717) is 17.7 Å². The summed E-state index contributed by atoms with van der Waals surface area (Å²) in [6.45, 7) is 0. The van der Waals surface area contributed by atoms with Crippen molar-refractivity contribution in [2.24, 2.45) is 5.16 Å². The molecule has 0 bridgehead atoms. The maximum Gasteiger partial charge on any atom is 0.268 e. The second-order valence-corrected chi connectivity index (χ2v) is 4.88. The molecule has 5 heteroatoms. The van der Waals surface area contributed by atoms with Gasteiger partial charge in [-0.2, -0.15) is 5.26 Å². The molecule has 1 aliphatic rings. The van der Waals surface area contributed by atoms with Gasteiger partial charge in [0.05, 0.1) is 17.3 Å². The Morgan fingerprint density at radius 2 is 2.05 bits per heavy atom. The van der Waals surface area contributed by atoms with Gasteiger partial charge in [0.2, 0.25) is 6.10 Å². The monoisotopic (exact) mass is 291 g/mol. The lowest BCUT2D eigenvalue weighted by Crippen LogP contribution is -2.28. The molecule has 2 aromatic carbocycles. The molecule has 0 spiro atoms. The van der Waals surface area contributed by atoms with E-state index in [0.717, 1.165) is 11.3 Å². The molecule has 1 atom stereocenters. The number of amides is 1. The zero-order valence-electron chi connectivity index (χ0n) is 11.7. The minimum Gasteiger partial charge on any atom is -0.382 e. The van der Waals surface area contributed by atoms with Crippen LogP contribution in [-0.4, -0.2) is 17.7 Å². The second-order valence-electron chi connectivity index (χ2n) is 4.88. The van der Waals surface area contributed by atoms with E-state index in [1.54, 1.807) is 24.3 Å². The van der Waals surface area contributed by atoms with Crippen LogP contribution in [0.4, 0.5) is 5.69 Å². The van der Waals surface area contributed by atoms with E-state index >= 15 is 0 Å². The highest BCUT2D eigenvalue weighted by atomic mass is 16.6. The number of rotatable bonds is 3. The Morgan fingerprint density at radius 3 is 2.82 bits per heavy atom. The van der Waals surface area contributed by atoms with Gasteiger partial charge in [-0.15, -0.1) is 0 Å². The summed E-state index contributed by atoms with van der Waals surface area (Å²) in [4.78, 5) is 17.4. The van der Waals surface area contributed by atoms with Gasteiger partial charge in [-0.05, 0) is 23.8 Å². The molecule has 1 heterocycles. The first-order valence-corrected chi connectivity index (χ1v) is 6.85. The van der Waals surface area contributed by atoms with Crippen LogP contribution in [0.15, 0.2) is 59.8 Å². The van der Waals surface area contributed by atoms with E-state index in [2.05, 4.69) is 10.5 Å². The lowest BCUT2D eigenvalue weighted by atomic mass is 10.0. The van der Waals surface area contributed by atoms with Crippen LogP contribution in [-0.2, 0) is 9.63 Å². The summed E-state index contributed by atoms with van der Waals surface area (Å²) in [7, 11) is 0. The first-order chi connectivity index (χ1) is 10.8. The van der Waals surface area contributed by atoms with Crippen LogP contribution in [0.25, 0.3) is 0 Å². The van der Waals surface area contributed by atoms with Crippen molar-refractivity contribution < 1.29 is 9.63 Å². The van der Waals surface area contributed by atoms with Crippen LogP contribution in [0.5, 0.6) is 0 Å². The third-order valence-electron chi connectivity index (χ3n) is 3.33. The van der Waals surface area contributed by atoms with Gasteiger partial charge in [-0.1, -0.05) is 41.6 Å². The number of nitrogens with zero attached hydrogens (tertiary/aromatic N) is 2. The molecule has 5 nitrogen and oxygen atoms in total. The lowest BCUT2D eigenvalue weighted by molar-refractivity contribution is -0.125. The normalized spacial score (nSPS) is 16.3. The quantitative estimate of drug-likeness (QED) is 0.944. The number of benzene rings is 2. The third-order valence-corrected chi connectivity index (χ3v) is 3.33. The van der Waals surface area contributed by atoms with Crippen molar-refractivity contribution in [3.63, 3.8) is 0 Å². The topological polar surface area (TPSA) is 74.5 Å². The number of carbonyl (C=O) groups is 1. The minimum atomic E-state index is -0.652. The second kappa shape index (κ2) is 6.10. The first-order valence-electron chi connectivity index (χ1n) is 6.85. The summed E-state index contributed by atoms with van der Waals surface area (Å²) >= 11 is 0. The van der Waals surface area contributed by atoms with Crippen LogP contribution in [0.2, 0.25) is 0 Å². The van der Waals surface area contributed by atoms with Crippen LogP contribution >= 0.6 is 0 Å². The highest BCUT2D eigenvalue weighted by Crippen LogP contribution is 2.18. The molecular weight excluding hydrogens is 278 g/mol. The fraction of sp³-hybridized carbons (Fsp3) is 0.118. The van der Waals surface area contributed by atoms with Gasteiger partial charge in [-0.25, -0.2) is 0 Å². The number of anilines is 1. The van der Waals surface area contributed by atoms with Crippen LogP contribution < -0.4 is 5.32 Å². The Bertz CT molecular complexity index is 763. The molecule has 1 N–H and O–H groups in total. The molecular formula is C17H13N3O2. The largest absolute Gasteiger partial charge is 0.382 e. The van der Waals surface area contributed by atoms with E-state index in [4.69, 9.17) is 10.1 Å². The van der Waals surface area contributed by atoms with Gasteiger partial charge >= 0.3 is 0 Å². The molecule has 0 radical (unpaired) electrons. The lowest BCUT2D eigenvalue weighted by Gasteiger charge is -2.09. The van der Waals surface area contributed by atoms with Crippen molar-refractivity contribution in [1.29, 1.82) is 5.26 Å². The summed E-state index contributed by atoms with van der Waals surface area (Å²) in [5.74, 6) is -0.273. The van der Waals surface area contributed by atoms with E-state index in [1.165, 1.54) is 0 Å². The Hall–Kier alpha value is -3.13. The Balaban J connectivity index is 1.64. The van der Waals surface area contributed by atoms with Gasteiger partial charge in [0.15, 0.2) is 0 Å². The van der Waals surface area contributed by atoms with Crippen LogP contribution in [0, 0.1) is 11.3 Å². The van der Waals surface area contributed by atoms with Crippen molar-refractivity contribution in [3.8, 4) is 6.07 Å². The molecule has 2 aromatic rings. The van der Waals surface area contributed by atoms with Gasteiger partial charge < -0.3 is 10.2 Å². The predicted octanol–water partition coefficient (Wildman–Crippen LogP) is 2.69. The number of hydrogen-bond donors (Lipinski definition) is 1. The number of carbonyl (C=O) groups excluding carboxylic acids is 1. The van der Waals surface area contributed by atoms with Gasteiger partial charge in [0.1, 0.15) is 0 Å². The fourth-order valence-electron chi connectivity index (χ4n) is 2.21. The summed E-state index contributed by atoms with van der Waals surface area (Å²) in [6.07, 6.45) is -0.228. The van der Waals surface area contributed by atoms with E-state index in [9.17, 15) is 4.79 Å². The number of hydrogen-bond acceptors (Lipinski definition) is 4. The maximum atomic E-state index is 12.2. The molecule has 0 saturated heterocycles. The highest BCUT2D eigenvalue weighted by molar-refractivity contribution is 6.06. The van der Waals surface area contributed by atoms with Crippen LogP contribution in [0.3, 0.4) is 0 Å². The van der Waals surface area contributed by atoms with Crippen molar-refractivity contribution in [3.05, 3.63) is 65.7 Å². The molecule has 1 aliphatic heterocycles. The summed E-state index contributed by atoms with van der Waals surface area (Å²) in [5.41, 5.74) is 2.77. The van der Waals surface area contributed by atoms with Crippen molar-refractivity contribution in [2.75, 3.05) is 5.32 Å². The standard InChI is InChI=1S/C17H13N3O2/c18-11-12-5-4-8-14(9-12)19-17(21)16-10-15(20-22-16)13-6-2-1-3-7-13/h1-9,16H,10H2,(H,19,21). The molecule has 1 unspecified atom stereocenters. The Morgan fingerprint density at radius 1 is 1.23 bits per heavy atom. The minimum absolute atomic E-state index is 0.273. The van der Waals surface area contributed by atoms with Crippen molar-refractivity contribution in [1.82, 2.24) is 0 Å². The Labute approximate surface area is 127 Å². The SMILES string of the molecule is N#Cc1cccc(NC(=O)C2CC(c3ccccc3)=NO2)c1. The maximum absolute atomic E-state index is 12.2. The van der Waals surface area contributed by atoms with E-state index in [-0.39, 0.29) is 5.91 Å². The molecule has 108 valence electrons. The number of nitriles is 1. The molecule has 0 aliphatic carbocycles. The fourth-order valence-corrected chi connectivity index (χ4v) is 2.21. The van der Waals surface area contributed by atoms with Crippen LogP contribution in [0.1, 0.15) is 17.5 Å². The Kier molecular flexibility index (Phi) is 3.84. The highest BCUT2D eigenvalue weighted by Gasteiger charge is 2.28. The van der Waals surface area contributed by atoms with Gasteiger partial charge in [-0.3, -0.25) is 4.79 Å². The first kappa shape index (κ1) is 13.8. The average Bonchev–Trinajstić information content (AvgIpc) is 3.06. The van der Waals surface area contributed by atoms with Gasteiger partial charge in [0.25, 0.3) is 5.91 Å². The third kappa shape index (κ3) is 2.96. The summed E-state index contributed by atoms with van der Waals surface area (Å²) in [5, 5.41) is 15.6. The smallest absolute Gasteiger partial charge is 0.268 e. The van der Waals surface area contributed by atoms with E-state index < -0.39 is 6.10 Å². The summed E-state index contributed by atoms with van der Waals surface area (Å²) in [6, 6.07) is 18.4. The number of oxime groups is 1. The molecule has 3 rings (SSSR count). The molecule has 1 amide bonds. The predicted molar refractivity (Wildman–Crippen MR) is 82.3 cm³/mol. The zero-order valence-corrected chi connectivity index (χ0v) is 11.7. The van der Waals surface area contributed by atoms with Crippen molar-refractivity contribution >= 4 is 17.3 Å². The summed E-state index contributed by atoms with van der Waals surface area (Å²) < 4.78 is 0. The van der Waals surface area contributed by atoms with Gasteiger partial charge in [0, 0.05) is 12.1 Å². The molecule has 0 saturated carbocycles. The van der Waals surface area contributed by atoms with E-state index in [1.807, 2.05) is 36.4 Å². The number of nitrogens with one attached hydrogen (secondary N) is 1.